The molecule has 3 N–H and O–H groups in total. The van der Waals surface area contributed by atoms with E-state index in [1.165, 1.54) is 11.8 Å². The number of hydrogen-bond acceptors (Lipinski definition) is 3. The number of carbonyl (C=O) groups is 3. The van der Waals surface area contributed by atoms with Crippen LogP contribution in [0, 0.1) is 0 Å². The number of rotatable bonds is 2. The van der Waals surface area contributed by atoms with Crippen molar-refractivity contribution < 1.29 is 14.4 Å². The van der Waals surface area contributed by atoms with Gasteiger partial charge in [-0.05, 0) is 18.2 Å². The first-order chi connectivity index (χ1) is 9.54. The van der Waals surface area contributed by atoms with E-state index in [0.717, 1.165) is 0 Å². The molecule has 20 heavy (non-hydrogen) atoms. The zero-order valence-corrected chi connectivity index (χ0v) is 11.1. The van der Waals surface area contributed by atoms with Crippen LogP contribution < -0.4 is 16.0 Å². The van der Waals surface area contributed by atoms with E-state index in [2.05, 4.69) is 16.0 Å². The third-order valence-corrected chi connectivity index (χ3v) is 2.76. The Labute approximate surface area is 116 Å². The Morgan fingerprint density at radius 3 is 2.60 bits per heavy atom. The van der Waals surface area contributed by atoms with Gasteiger partial charge in [0.15, 0.2) is 0 Å². The molecule has 7 heteroatoms. The number of benzene rings is 1. The van der Waals surface area contributed by atoms with Crippen molar-refractivity contribution in [3.8, 4) is 0 Å². The Kier molecular flexibility index (Phi) is 4.19. The number of carbonyl (C=O) groups excluding carboxylic acids is 3. The van der Waals surface area contributed by atoms with Gasteiger partial charge in [-0.2, -0.15) is 0 Å². The molecule has 4 amide bonds. The van der Waals surface area contributed by atoms with Gasteiger partial charge in [-0.25, -0.2) is 4.79 Å². The average Bonchev–Trinajstić information content (AvgIpc) is 2.38. The molecular formula is C13H16N4O3. The second kappa shape index (κ2) is 6.05. The number of urea groups is 1. The molecule has 7 nitrogen and oxygen atoms in total. The molecule has 1 aromatic carbocycles. The predicted octanol–water partition coefficient (Wildman–Crippen LogP) is 0.609. The van der Waals surface area contributed by atoms with E-state index >= 15 is 0 Å². The van der Waals surface area contributed by atoms with Crippen molar-refractivity contribution in [1.29, 1.82) is 0 Å². The number of piperazine rings is 1. The van der Waals surface area contributed by atoms with Crippen LogP contribution in [0.2, 0.25) is 0 Å². The van der Waals surface area contributed by atoms with Gasteiger partial charge in [-0.15, -0.1) is 0 Å². The summed E-state index contributed by atoms with van der Waals surface area (Å²) in [6.45, 7) is 2.40. The summed E-state index contributed by atoms with van der Waals surface area (Å²) in [4.78, 5) is 35.6. The van der Waals surface area contributed by atoms with Crippen molar-refractivity contribution in [1.82, 2.24) is 10.2 Å². The molecule has 0 atom stereocenters. The largest absolute Gasteiger partial charge is 0.353 e. The van der Waals surface area contributed by atoms with E-state index in [1.807, 2.05) is 0 Å². The highest BCUT2D eigenvalue weighted by Crippen LogP contribution is 2.15. The summed E-state index contributed by atoms with van der Waals surface area (Å²) < 4.78 is 0. The van der Waals surface area contributed by atoms with Crippen molar-refractivity contribution in [3.05, 3.63) is 24.3 Å². The standard InChI is InChI=1S/C13H16N4O3/c1-9(18)15-10-3-2-4-11(7-10)16-13(20)17-6-5-14-12(19)8-17/h2-4,7H,5-6,8H2,1H3,(H,14,19)(H,15,18)(H,16,20). The Hall–Kier alpha value is -2.57. The van der Waals surface area contributed by atoms with Gasteiger partial charge in [0.2, 0.25) is 11.8 Å². The molecule has 0 unspecified atom stereocenters. The fraction of sp³-hybridized carbons (Fsp3) is 0.308. The molecule has 1 heterocycles. The van der Waals surface area contributed by atoms with Crippen LogP contribution in [0.5, 0.6) is 0 Å². The monoisotopic (exact) mass is 276 g/mol. The van der Waals surface area contributed by atoms with Crippen molar-refractivity contribution in [2.45, 2.75) is 6.92 Å². The number of nitrogens with zero attached hydrogens (tertiary/aromatic N) is 1. The molecule has 0 aliphatic carbocycles. The molecule has 1 aliphatic heterocycles. The average molecular weight is 276 g/mol. The molecule has 0 bridgehead atoms. The summed E-state index contributed by atoms with van der Waals surface area (Å²) in [5, 5.41) is 7.99. The van der Waals surface area contributed by atoms with Gasteiger partial charge < -0.3 is 20.9 Å². The van der Waals surface area contributed by atoms with Crippen LogP contribution in [0.4, 0.5) is 16.2 Å². The fourth-order valence-corrected chi connectivity index (χ4v) is 1.89. The maximum atomic E-state index is 12.0. The van der Waals surface area contributed by atoms with Crippen LogP contribution in [0.3, 0.4) is 0 Å². The summed E-state index contributed by atoms with van der Waals surface area (Å²) >= 11 is 0. The quantitative estimate of drug-likeness (QED) is 0.739. The van der Waals surface area contributed by atoms with Gasteiger partial charge >= 0.3 is 6.03 Å². The zero-order valence-electron chi connectivity index (χ0n) is 11.1. The van der Waals surface area contributed by atoms with E-state index in [-0.39, 0.29) is 24.4 Å². The molecule has 0 radical (unpaired) electrons. The highest BCUT2D eigenvalue weighted by molar-refractivity contribution is 5.94. The maximum Gasteiger partial charge on any atom is 0.322 e. The van der Waals surface area contributed by atoms with Gasteiger partial charge in [0.25, 0.3) is 0 Å². The number of hydrogen-bond donors (Lipinski definition) is 3. The Morgan fingerprint density at radius 2 is 1.95 bits per heavy atom. The molecule has 0 spiro atoms. The normalized spacial score (nSPS) is 14.4. The third kappa shape index (κ3) is 3.71. The fourth-order valence-electron chi connectivity index (χ4n) is 1.89. The summed E-state index contributed by atoms with van der Waals surface area (Å²) in [7, 11) is 0. The van der Waals surface area contributed by atoms with E-state index in [1.54, 1.807) is 24.3 Å². The van der Waals surface area contributed by atoms with E-state index < -0.39 is 0 Å². The summed E-state index contributed by atoms with van der Waals surface area (Å²) in [6.07, 6.45) is 0. The minimum Gasteiger partial charge on any atom is -0.353 e. The molecule has 106 valence electrons. The first-order valence-corrected chi connectivity index (χ1v) is 6.25. The minimum atomic E-state index is -0.333. The molecule has 1 fully saturated rings. The van der Waals surface area contributed by atoms with Crippen molar-refractivity contribution in [2.24, 2.45) is 0 Å². The molecule has 1 saturated heterocycles. The molecular weight excluding hydrogens is 260 g/mol. The first-order valence-electron chi connectivity index (χ1n) is 6.25. The highest BCUT2D eigenvalue weighted by atomic mass is 16.2. The highest BCUT2D eigenvalue weighted by Gasteiger charge is 2.20. The van der Waals surface area contributed by atoms with E-state index in [0.29, 0.717) is 24.5 Å². The SMILES string of the molecule is CC(=O)Nc1cccc(NC(=O)N2CCNC(=O)C2)c1. The summed E-state index contributed by atoms with van der Waals surface area (Å²) in [5.74, 6) is -0.348. The smallest absolute Gasteiger partial charge is 0.322 e. The van der Waals surface area contributed by atoms with Gasteiger partial charge in [0, 0.05) is 31.4 Å². The molecule has 0 aromatic heterocycles. The van der Waals surface area contributed by atoms with E-state index in [9.17, 15) is 14.4 Å². The molecule has 1 aromatic rings. The van der Waals surface area contributed by atoms with Crippen LogP contribution in [-0.4, -0.2) is 42.4 Å². The molecule has 0 saturated carbocycles. The molecule has 1 aliphatic rings. The maximum absolute atomic E-state index is 12.0. The topological polar surface area (TPSA) is 90.5 Å². The second-order valence-electron chi connectivity index (χ2n) is 4.46. The second-order valence-corrected chi connectivity index (χ2v) is 4.46. The summed E-state index contributed by atoms with van der Waals surface area (Å²) in [5.41, 5.74) is 1.17. The lowest BCUT2D eigenvalue weighted by molar-refractivity contribution is -0.123. The van der Waals surface area contributed by atoms with Gasteiger partial charge in [0.1, 0.15) is 6.54 Å². The van der Waals surface area contributed by atoms with Crippen molar-refractivity contribution in [2.75, 3.05) is 30.3 Å². The zero-order chi connectivity index (χ0) is 14.5. The van der Waals surface area contributed by atoms with E-state index in [4.69, 9.17) is 0 Å². The van der Waals surface area contributed by atoms with Gasteiger partial charge in [-0.3, -0.25) is 9.59 Å². The summed E-state index contributed by atoms with van der Waals surface area (Å²) in [6, 6.07) is 6.49. The number of nitrogens with one attached hydrogen (secondary N) is 3. The Morgan fingerprint density at radius 1 is 1.25 bits per heavy atom. The third-order valence-electron chi connectivity index (χ3n) is 2.76. The van der Waals surface area contributed by atoms with Crippen molar-refractivity contribution >= 4 is 29.2 Å². The lowest BCUT2D eigenvalue weighted by Gasteiger charge is -2.26. The van der Waals surface area contributed by atoms with Gasteiger partial charge in [-0.1, -0.05) is 6.07 Å². The molecule has 2 rings (SSSR count). The van der Waals surface area contributed by atoms with Crippen LogP contribution in [-0.2, 0) is 9.59 Å². The van der Waals surface area contributed by atoms with Crippen molar-refractivity contribution in [3.63, 3.8) is 0 Å². The lowest BCUT2D eigenvalue weighted by Crippen LogP contribution is -2.51. The number of anilines is 2. The van der Waals surface area contributed by atoms with Crippen LogP contribution in [0.1, 0.15) is 6.92 Å². The minimum absolute atomic E-state index is 0.0528. The Balaban J connectivity index is 2.00. The lowest BCUT2D eigenvalue weighted by atomic mass is 10.2. The van der Waals surface area contributed by atoms with Crippen LogP contribution in [0.25, 0.3) is 0 Å². The predicted molar refractivity (Wildman–Crippen MR) is 74.3 cm³/mol. The Bertz CT molecular complexity index is 544. The van der Waals surface area contributed by atoms with Crippen LogP contribution >= 0.6 is 0 Å². The first kappa shape index (κ1) is 13.9. The van der Waals surface area contributed by atoms with Crippen LogP contribution in [0.15, 0.2) is 24.3 Å². The van der Waals surface area contributed by atoms with Gasteiger partial charge in [0.05, 0.1) is 0 Å². The number of amides is 4.